The fourth-order valence-electron chi connectivity index (χ4n) is 0.988. The van der Waals surface area contributed by atoms with Crippen LogP contribution in [0, 0.1) is 11.8 Å². The molecule has 0 aliphatic heterocycles. The van der Waals surface area contributed by atoms with Gasteiger partial charge in [-0.15, -0.1) is 6.58 Å². The standard InChI is InChI=1S/C10H16/c1-6-9(5)10(7-2)8(3)4/h6-8,10H,1-2,5H2,3-4H3. The summed E-state index contributed by atoms with van der Waals surface area (Å²) in [6, 6.07) is 0. The normalized spacial score (nSPS) is 12.7. The number of rotatable bonds is 4. The molecule has 0 rings (SSSR count). The van der Waals surface area contributed by atoms with Gasteiger partial charge in [0.2, 0.25) is 0 Å². The smallest absolute Gasteiger partial charge is 0.00322 e. The largest absolute Gasteiger partial charge is 0.102 e. The van der Waals surface area contributed by atoms with Gasteiger partial charge in [-0.05, 0) is 11.5 Å². The van der Waals surface area contributed by atoms with E-state index in [2.05, 4.69) is 33.6 Å². The van der Waals surface area contributed by atoms with Gasteiger partial charge >= 0.3 is 0 Å². The second-order valence-electron chi connectivity index (χ2n) is 2.78. The maximum absolute atomic E-state index is 3.88. The molecule has 0 bridgehead atoms. The van der Waals surface area contributed by atoms with Gasteiger partial charge in [0.25, 0.3) is 0 Å². The number of hydrogen-bond acceptors (Lipinski definition) is 0. The minimum atomic E-state index is 0.387. The van der Waals surface area contributed by atoms with E-state index in [9.17, 15) is 0 Å². The molecule has 0 spiro atoms. The summed E-state index contributed by atoms with van der Waals surface area (Å²) in [5.41, 5.74) is 1.06. The van der Waals surface area contributed by atoms with Gasteiger partial charge in [-0.25, -0.2) is 0 Å². The van der Waals surface area contributed by atoms with Crippen LogP contribution in [-0.2, 0) is 0 Å². The zero-order valence-electron chi connectivity index (χ0n) is 6.93. The molecule has 0 heteroatoms. The van der Waals surface area contributed by atoms with Gasteiger partial charge < -0.3 is 0 Å². The van der Waals surface area contributed by atoms with Crippen LogP contribution < -0.4 is 0 Å². The fourth-order valence-corrected chi connectivity index (χ4v) is 0.988. The molecule has 56 valence electrons. The van der Waals surface area contributed by atoms with E-state index in [1.165, 1.54) is 0 Å². The van der Waals surface area contributed by atoms with Gasteiger partial charge in [-0.3, -0.25) is 0 Å². The molecule has 0 fully saturated rings. The van der Waals surface area contributed by atoms with Crippen molar-refractivity contribution in [3.8, 4) is 0 Å². The third kappa shape index (κ3) is 2.22. The highest BCUT2D eigenvalue weighted by Gasteiger charge is 2.09. The second-order valence-corrected chi connectivity index (χ2v) is 2.78. The van der Waals surface area contributed by atoms with Crippen LogP contribution in [-0.4, -0.2) is 0 Å². The van der Waals surface area contributed by atoms with E-state index in [4.69, 9.17) is 0 Å². The highest BCUT2D eigenvalue weighted by Crippen LogP contribution is 2.20. The van der Waals surface area contributed by atoms with E-state index in [0.717, 1.165) is 5.57 Å². The molecule has 0 saturated heterocycles. The summed E-state index contributed by atoms with van der Waals surface area (Å²) in [5.74, 6) is 0.959. The minimum Gasteiger partial charge on any atom is -0.102 e. The Balaban J connectivity index is 4.19. The minimum absolute atomic E-state index is 0.387. The van der Waals surface area contributed by atoms with E-state index in [1.807, 2.05) is 6.08 Å². The molecule has 0 amide bonds. The molecule has 0 aromatic carbocycles. The molecule has 0 saturated carbocycles. The van der Waals surface area contributed by atoms with Crippen molar-refractivity contribution in [3.05, 3.63) is 37.5 Å². The molecular formula is C10H16. The third-order valence-corrected chi connectivity index (χ3v) is 1.66. The quantitative estimate of drug-likeness (QED) is 0.411. The molecule has 0 aromatic heterocycles. The molecule has 0 N–H and O–H groups in total. The lowest BCUT2D eigenvalue weighted by molar-refractivity contribution is 0.536. The lowest BCUT2D eigenvalue weighted by Crippen LogP contribution is -2.05. The third-order valence-electron chi connectivity index (χ3n) is 1.66. The summed E-state index contributed by atoms with van der Waals surface area (Å²) in [4.78, 5) is 0. The average Bonchev–Trinajstić information content (AvgIpc) is 1.88. The van der Waals surface area contributed by atoms with E-state index in [0.29, 0.717) is 11.8 Å². The van der Waals surface area contributed by atoms with E-state index >= 15 is 0 Å². The van der Waals surface area contributed by atoms with Crippen LogP contribution in [0.15, 0.2) is 37.5 Å². The molecule has 0 heterocycles. The maximum atomic E-state index is 3.88. The Morgan fingerprint density at radius 1 is 1.30 bits per heavy atom. The SMILES string of the molecule is C=CC(=C)C(C=C)C(C)C. The summed E-state index contributed by atoms with van der Waals surface area (Å²) >= 11 is 0. The zero-order valence-corrected chi connectivity index (χ0v) is 6.93. The van der Waals surface area contributed by atoms with Crippen molar-refractivity contribution in [2.45, 2.75) is 13.8 Å². The lowest BCUT2D eigenvalue weighted by Gasteiger charge is -2.16. The van der Waals surface area contributed by atoms with Crippen molar-refractivity contribution in [2.24, 2.45) is 11.8 Å². The molecule has 0 nitrogen and oxygen atoms in total. The van der Waals surface area contributed by atoms with Crippen molar-refractivity contribution >= 4 is 0 Å². The van der Waals surface area contributed by atoms with Gasteiger partial charge in [0, 0.05) is 5.92 Å². The van der Waals surface area contributed by atoms with Gasteiger partial charge in [0.15, 0.2) is 0 Å². The summed E-state index contributed by atoms with van der Waals surface area (Å²) < 4.78 is 0. The predicted octanol–water partition coefficient (Wildman–Crippen LogP) is 3.19. The number of hydrogen-bond donors (Lipinski definition) is 0. The van der Waals surface area contributed by atoms with Crippen LogP contribution in [0.3, 0.4) is 0 Å². The van der Waals surface area contributed by atoms with E-state index in [-0.39, 0.29) is 0 Å². The maximum Gasteiger partial charge on any atom is 0.00322 e. The van der Waals surface area contributed by atoms with E-state index < -0.39 is 0 Å². The van der Waals surface area contributed by atoms with Crippen molar-refractivity contribution in [1.82, 2.24) is 0 Å². The van der Waals surface area contributed by atoms with E-state index in [1.54, 1.807) is 6.08 Å². The first-order valence-electron chi connectivity index (χ1n) is 3.57. The summed E-state index contributed by atoms with van der Waals surface area (Å²) in [7, 11) is 0. The van der Waals surface area contributed by atoms with Crippen LogP contribution in [0.1, 0.15) is 13.8 Å². The summed E-state index contributed by atoms with van der Waals surface area (Å²) in [6.07, 6.45) is 3.72. The van der Waals surface area contributed by atoms with Gasteiger partial charge in [0.05, 0.1) is 0 Å². The lowest BCUT2D eigenvalue weighted by atomic mass is 9.89. The Kier molecular flexibility index (Phi) is 3.78. The molecule has 0 aliphatic rings. The Morgan fingerprint density at radius 3 is 1.90 bits per heavy atom. The first kappa shape index (κ1) is 9.22. The Hall–Kier alpha value is -0.780. The zero-order chi connectivity index (χ0) is 8.15. The first-order chi connectivity index (χ1) is 4.63. The summed E-state index contributed by atoms with van der Waals surface area (Å²) in [5, 5.41) is 0. The Bertz CT molecular complexity index is 140. The van der Waals surface area contributed by atoms with Crippen molar-refractivity contribution in [1.29, 1.82) is 0 Å². The topological polar surface area (TPSA) is 0 Å². The highest BCUT2D eigenvalue weighted by atomic mass is 14.1. The summed E-state index contributed by atoms with van der Waals surface area (Å²) in [6.45, 7) is 15.6. The van der Waals surface area contributed by atoms with Crippen molar-refractivity contribution < 1.29 is 0 Å². The average molecular weight is 136 g/mol. The van der Waals surface area contributed by atoms with Crippen LogP contribution in [0.5, 0.6) is 0 Å². The fraction of sp³-hybridized carbons (Fsp3) is 0.400. The Labute approximate surface area is 64.0 Å². The predicted molar refractivity (Wildman–Crippen MR) is 47.9 cm³/mol. The van der Waals surface area contributed by atoms with Crippen molar-refractivity contribution in [2.75, 3.05) is 0 Å². The molecule has 1 unspecified atom stereocenters. The second kappa shape index (κ2) is 4.10. The monoisotopic (exact) mass is 136 g/mol. The van der Waals surface area contributed by atoms with Crippen LogP contribution in [0.25, 0.3) is 0 Å². The molecule has 0 aliphatic carbocycles. The van der Waals surface area contributed by atoms with Gasteiger partial charge in [-0.1, -0.05) is 39.2 Å². The molecule has 0 aromatic rings. The van der Waals surface area contributed by atoms with Crippen LogP contribution in [0.4, 0.5) is 0 Å². The molecule has 10 heavy (non-hydrogen) atoms. The molecular weight excluding hydrogens is 120 g/mol. The first-order valence-corrected chi connectivity index (χ1v) is 3.57. The number of allylic oxidation sites excluding steroid dienone is 3. The van der Waals surface area contributed by atoms with Gasteiger partial charge in [0.1, 0.15) is 0 Å². The highest BCUT2D eigenvalue weighted by molar-refractivity contribution is 5.19. The van der Waals surface area contributed by atoms with Crippen molar-refractivity contribution in [3.63, 3.8) is 0 Å². The molecule has 1 atom stereocenters. The van der Waals surface area contributed by atoms with Crippen LogP contribution >= 0.6 is 0 Å². The Morgan fingerprint density at radius 2 is 1.80 bits per heavy atom. The van der Waals surface area contributed by atoms with Crippen LogP contribution in [0.2, 0.25) is 0 Å². The van der Waals surface area contributed by atoms with Gasteiger partial charge in [-0.2, -0.15) is 0 Å². The molecule has 0 radical (unpaired) electrons.